The van der Waals surface area contributed by atoms with Crippen molar-refractivity contribution in [2.24, 2.45) is 0 Å². The number of nitrogens with zero attached hydrogens (tertiary/aromatic N) is 1. The summed E-state index contributed by atoms with van der Waals surface area (Å²) in [4.78, 5) is 24.6. The van der Waals surface area contributed by atoms with E-state index in [0.29, 0.717) is 5.75 Å². The summed E-state index contributed by atoms with van der Waals surface area (Å²) in [6.07, 6.45) is 3.74. The van der Waals surface area contributed by atoms with Crippen molar-refractivity contribution < 1.29 is 22.7 Å². The summed E-state index contributed by atoms with van der Waals surface area (Å²) in [5.74, 6) is -0.278. The van der Waals surface area contributed by atoms with Gasteiger partial charge in [0.05, 0.1) is 12.0 Å². The molecule has 3 rings (SSSR count). The number of amides is 2. The van der Waals surface area contributed by atoms with E-state index in [1.807, 2.05) is 0 Å². The van der Waals surface area contributed by atoms with Gasteiger partial charge in [0.15, 0.2) is 6.17 Å². The second kappa shape index (κ2) is 8.26. The van der Waals surface area contributed by atoms with Crippen molar-refractivity contribution in [1.82, 2.24) is 14.9 Å². The molecule has 2 aliphatic rings. The van der Waals surface area contributed by atoms with Crippen molar-refractivity contribution in [3.63, 3.8) is 0 Å². The maximum absolute atomic E-state index is 13.1. The highest BCUT2D eigenvalue weighted by Gasteiger charge is 2.40. The standard InChI is InChI=1S/C18H25N3O5S/c1-26-14-7-9-15(10-8-14)27(24,25)21-12-11-16(22)20-17(21)18(23)19-13-5-3-2-4-6-13/h7-10,13,17H,2-6,11-12H2,1H3,(H,19,23)(H,20,22)/t17-/m1/s1. The van der Waals surface area contributed by atoms with E-state index >= 15 is 0 Å². The first-order valence-corrected chi connectivity index (χ1v) is 10.6. The lowest BCUT2D eigenvalue weighted by Crippen LogP contribution is -2.63. The van der Waals surface area contributed by atoms with Gasteiger partial charge >= 0.3 is 0 Å². The number of ether oxygens (including phenoxy) is 1. The van der Waals surface area contributed by atoms with Gasteiger partial charge in [0.1, 0.15) is 5.75 Å². The lowest BCUT2D eigenvalue weighted by atomic mass is 9.95. The van der Waals surface area contributed by atoms with Crippen molar-refractivity contribution in [3.05, 3.63) is 24.3 Å². The maximum atomic E-state index is 13.1. The highest BCUT2D eigenvalue weighted by atomic mass is 32.2. The highest BCUT2D eigenvalue weighted by molar-refractivity contribution is 7.89. The first kappa shape index (κ1) is 19.6. The second-order valence-corrected chi connectivity index (χ2v) is 8.75. The number of rotatable bonds is 5. The molecule has 1 aromatic carbocycles. The Balaban J connectivity index is 1.81. The van der Waals surface area contributed by atoms with Crippen LogP contribution in [-0.2, 0) is 19.6 Å². The van der Waals surface area contributed by atoms with Crippen LogP contribution >= 0.6 is 0 Å². The van der Waals surface area contributed by atoms with E-state index in [1.165, 1.54) is 19.2 Å². The lowest BCUT2D eigenvalue weighted by molar-refractivity contribution is -0.135. The van der Waals surface area contributed by atoms with Crippen LogP contribution in [0.15, 0.2) is 29.2 Å². The van der Waals surface area contributed by atoms with E-state index in [9.17, 15) is 18.0 Å². The fourth-order valence-corrected chi connectivity index (χ4v) is 5.01. The minimum atomic E-state index is -3.94. The molecule has 2 fully saturated rings. The Labute approximate surface area is 159 Å². The first-order chi connectivity index (χ1) is 12.9. The fourth-order valence-electron chi connectivity index (χ4n) is 3.50. The number of hydrogen-bond acceptors (Lipinski definition) is 5. The molecule has 9 heteroatoms. The quantitative estimate of drug-likeness (QED) is 0.773. The molecule has 1 aliphatic heterocycles. The molecule has 2 amide bonds. The predicted octanol–water partition coefficient (Wildman–Crippen LogP) is 0.981. The van der Waals surface area contributed by atoms with E-state index in [1.54, 1.807) is 12.1 Å². The van der Waals surface area contributed by atoms with Crippen LogP contribution < -0.4 is 15.4 Å². The number of carbonyl (C=O) groups is 2. The van der Waals surface area contributed by atoms with Crippen molar-refractivity contribution in [2.75, 3.05) is 13.7 Å². The van der Waals surface area contributed by atoms with Gasteiger partial charge in [-0.3, -0.25) is 9.59 Å². The minimum absolute atomic E-state index is 0.0165. The number of sulfonamides is 1. The summed E-state index contributed by atoms with van der Waals surface area (Å²) < 4.78 is 32.2. The maximum Gasteiger partial charge on any atom is 0.259 e. The van der Waals surface area contributed by atoms with Crippen LogP contribution in [0.25, 0.3) is 0 Å². The SMILES string of the molecule is COc1ccc(S(=O)(=O)N2CCC(=O)N[C@H]2C(=O)NC2CCCCC2)cc1. The molecule has 27 heavy (non-hydrogen) atoms. The van der Waals surface area contributed by atoms with Crippen molar-refractivity contribution in [1.29, 1.82) is 0 Å². The monoisotopic (exact) mass is 395 g/mol. The number of carbonyl (C=O) groups excluding carboxylic acids is 2. The molecule has 1 aromatic rings. The van der Waals surface area contributed by atoms with Gasteiger partial charge in [-0.05, 0) is 37.1 Å². The number of nitrogens with one attached hydrogen (secondary N) is 2. The highest BCUT2D eigenvalue weighted by Crippen LogP contribution is 2.23. The van der Waals surface area contributed by atoms with Crippen LogP contribution in [0.5, 0.6) is 5.75 Å². The third-order valence-electron chi connectivity index (χ3n) is 5.01. The molecule has 0 unspecified atom stereocenters. The molecule has 1 saturated carbocycles. The fraction of sp³-hybridized carbons (Fsp3) is 0.556. The van der Waals surface area contributed by atoms with Crippen LogP contribution in [0.1, 0.15) is 38.5 Å². The largest absolute Gasteiger partial charge is 0.497 e. The molecule has 1 heterocycles. The number of hydrogen-bond donors (Lipinski definition) is 2. The zero-order valence-electron chi connectivity index (χ0n) is 15.3. The molecule has 1 atom stereocenters. The van der Waals surface area contributed by atoms with E-state index in [-0.39, 0.29) is 29.8 Å². The van der Waals surface area contributed by atoms with Gasteiger partial charge in [0.2, 0.25) is 15.9 Å². The van der Waals surface area contributed by atoms with Gasteiger partial charge in [-0.15, -0.1) is 0 Å². The van der Waals surface area contributed by atoms with Gasteiger partial charge < -0.3 is 15.4 Å². The van der Waals surface area contributed by atoms with Gasteiger partial charge in [0.25, 0.3) is 5.91 Å². The Hall–Kier alpha value is -2.13. The van der Waals surface area contributed by atoms with Gasteiger partial charge in [-0.1, -0.05) is 19.3 Å². The van der Waals surface area contributed by atoms with Crippen molar-refractivity contribution in [2.45, 2.75) is 55.6 Å². The Morgan fingerprint density at radius 2 is 1.85 bits per heavy atom. The first-order valence-electron chi connectivity index (χ1n) is 9.17. The number of benzene rings is 1. The van der Waals surface area contributed by atoms with E-state index in [2.05, 4.69) is 10.6 Å². The van der Waals surface area contributed by atoms with Crippen molar-refractivity contribution >= 4 is 21.8 Å². The van der Waals surface area contributed by atoms with Crippen LogP contribution in [0, 0.1) is 0 Å². The third-order valence-corrected chi connectivity index (χ3v) is 6.89. The minimum Gasteiger partial charge on any atom is -0.497 e. The van der Waals surface area contributed by atoms with Crippen molar-refractivity contribution in [3.8, 4) is 5.75 Å². The van der Waals surface area contributed by atoms with Crippen LogP contribution in [0.2, 0.25) is 0 Å². The third kappa shape index (κ3) is 4.41. The molecule has 0 aromatic heterocycles. The smallest absolute Gasteiger partial charge is 0.259 e. The van der Waals surface area contributed by atoms with E-state index in [0.717, 1.165) is 36.4 Å². The van der Waals surface area contributed by atoms with Crippen LogP contribution in [-0.4, -0.2) is 50.4 Å². The molecule has 8 nitrogen and oxygen atoms in total. The molecule has 1 aliphatic carbocycles. The average Bonchev–Trinajstić information content (AvgIpc) is 2.68. The summed E-state index contributed by atoms with van der Waals surface area (Å²) in [5, 5.41) is 5.43. The Morgan fingerprint density at radius 3 is 2.48 bits per heavy atom. The summed E-state index contributed by atoms with van der Waals surface area (Å²) in [5.41, 5.74) is 0. The molecule has 0 spiro atoms. The zero-order valence-corrected chi connectivity index (χ0v) is 16.1. The molecular weight excluding hydrogens is 370 g/mol. The van der Waals surface area contributed by atoms with Gasteiger partial charge in [-0.2, -0.15) is 4.31 Å². The Kier molecular flexibility index (Phi) is 6.01. The molecule has 2 N–H and O–H groups in total. The van der Waals surface area contributed by atoms with Crippen LogP contribution in [0.4, 0.5) is 0 Å². The predicted molar refractivity (Wildman–Crippen MR) is 98.4 cm³/mol. The molecule has 0 bridgehead atoms. The van der Waals surface area contributed by atoms with Gasteiger partial charge in [0, 0.05) is 19.0 Å². The average molecular weight is 395 g/mol. The zero-order chi connectivity index (χ0) is 19.4. The molecule has 148 valence electrons. The molecular formula is C18H25N3O5S. The summed E-state index contributed by atoms with van der Waals surface area (Å²) >= 11 is 0. The molecule has 1 saturated heterocycles. The van der Waals surface area contributed by atoms with E-state index < -0.39 is 22.1 Å². The summed E-state index contributed by atoms with van der Waals surface area (Å²) in [6.45, 7) is -0.0387. The van der Waals surface area contributed by atoms with Gasteiger partial charge in [-0.25, -0.2) is 8.42 Å². The van der Waals surface area contributed by atoms with E-state index in [4.69, 9.17) is 4.74 Å². The molecule has 0 radical (unpaired) electrons. The normalized spacial score (nSPS) is 22.1. The van der Waals surface area contributed by atoms with Crippen LogP contribution in [0.3, 0.4) is 0 Å². The lowest BCUT2D eigenvalue weighted by Gasteiger charge is -2.35. The summed E-state index contributed by atoms with van der Waals surface area (Å²) in [7, 11) is -2.45. The Morgan fingerprint density at radius 1 is 1.19 bits per heavy atom. The Bertz CT molecular complexity index is 788. The number of methoxy groups -OCH3 is 1. The summed E-state index contributed by atoms with van der Waals surface area (Å²) in [6, 6.07) is 5.98. The second-order valence-electron chi connectivity index (χ2n) is 6.85. The topological polar surface area (TPSA) is 105 Å².